The minimum absolute atomic E-state index is 0.0168. The van der Waals surface area contributed by atoms with Gasteiger partial charge in [0.25, 0.3) is 6.43 Å². The lowest BCUT2D eigenvalue weighted by molar-refractivity contribution is 0.0971. The summed E-state index contributed by atoms with van der Waals surface area (Å²) in [7, 11) is 0. The van der Waals surface area contributed by atoms with Gasteiger partial charge in [0, 0.05) is 6.61 Å². The summed E-state index contributed by atoms with van der Waals surface area (Å²) in [6.07, 6.45) is -2.43. The molecule has 17 heavy (non-hydrogen) atoms. The Kier molecular flexibility index (Phi) is 5.37. The first-order valence-corrected chi connectivity index (χ1v) is 5.13. The lowest BCUT2D eigenvalue weighted by Crippen LogP contribution is -2.28. The van der Waals surface area contributed by atoms with Gasteiger partial charge in [-0.2, -0.15) is 0 Å². The largest absolute Gasteiger partial charge is 0.396 e. The van der Waals surface area contributed by atoms with E-state index in [1.807, 2.05) is 0 Å². The zero-order valence-electron chi connectivity index (χ0n) is 8.97. The van der Waals surface area contributed by atoms with E-state index in [-0.39, 0.29) is 18.7 Å². The molecule has 2 N–H and O–H groups in total. The molecule has 0 amide bonds. The minimum Gasteiger partial charge on any atom is -0.396 e. The minimum atomic E-state index is -2.74. The van der Waals surface area contributed by atoms with E-state index in [0.717, 1.165) is 18.2 Å². The fraction of sp³-hybridized carbons (Fsp3) is 0.455. The van der Waals surface area contributed by atoms with Gasteiger partial charge in [-0.3, -0.25) is 0 Å². The molecule has 1 unspecified atom stereocenters. The zero-order chi connectivity index (χ0) is 12.8. The summed E-state index contributed by atoms with van der Waals surface area (Å²) in [5.41, 5.74) is -0.0168. The van der Waals surface area contributed by atoms with Crippen LogP contribution in [0.25, 0.3) is 0 Å². The highest BCUT2D eigenvalue weighted by atomic mass is 19.3. The molecule has 6 heteroatoms. The van der Waals surface area contributed by atoms with Crippen LogP contribution in [0.3, 0.4) is 0 Å². The maximum atomic E-state index is 12.9. The summed E-state index contributed by atoms with van der Waals surface area (Å²) >= 11 is 0. The maximum absolute atomic E-state index is 12.9. The van der Waals surface area contributed by atoms with Crippen molar-refractivity contribution in [3.8, 4) is 0 Å². The summed E-state index contributed by atoms with van der Waals surface area (Å²) in [4.78, 5) is 0. The standard InChI is InChI=1S/C11H13F4NO/c12-8-3-2-7(6-9(8)13)10(11(14)15)16-4-1-5-17/h2-3,6,10-11,16-17H,1,4-5H2. The number of nitrogens with one attached hydrogen (secondary N) is 1. The second kappa shape index (κ2) is 6.56. The Labute approximate surface area is 96.3 Å². The second-order valence-electron chi connectivity index (χ2n) is 3.52. The lowest BCUT2D eigenvalue weighted by atomic mass is 10.1. The van der Waals surface area contributed by atoms with Crippen LogP contribution in [-0.4, -0.2) is 24.7 Å². The van der Waals surface area contributed by atoms with Crippen molar-refractivity contribution in [2.24, 2.45) is 0 Å². The van der Waals surface area contributed by atoms with Crippen LogP contribution >= 0.6 is 0 Å². The van der Waals surface area contributed by atoms with Gasteiger partial charge >= 0.3 is 0 Å². The Balaban J connectivity index is 2.78. The first-order chi connectivity index (χ1) is 8.06. The highest BCUT2D eigenvalue weighted by Gasteiger charge is 2.22. The molecule has 0 saturated heterocycles. The third-order valence-corrected chi connectivity index (χ3v) is 2.25. The number of alkyl halides is 2. The fourth-order valence-corrected chi connectivity index (χ4v) is 1.39. The zero-order valence-corrected chi connectivity index (χ0v) is 8.97. The normalized spacial score (nSPS) is 13.1. The fourth-order valence-electron chi connectivity index (χ4n) is 1.39. The molecule has 0 saturated carbocycles. The van der Waals surface area contributed by atoms with Crippen molar-refractivity contribution in [1.82, 2.24) is 5.32 Å². The van der Waals surface area contributed by atoms with E-state index in [9.17, 15) is 17.6 Å². The summed E-state index contributed by atoms with van der Waals surface area (Å²) in [6, 6.07) is 1.31. The molecule has 96 valence electrons. The topological polar surface area (TPSA) is 32.3 Å². The van der Waals surface area contributed by atoms with Gasteiger partial charge in [-0.05, 0) is 30.7 Å². The SMILES string of the molecule is OCCCNC(c1ccc(F)c(F)c1)C(F)F. The molecule has 1 aromatic carbocycles. The average molecular weight is 251 g/mol. The maximum Gasteiger partial charge on any atom is 0.257 e. The van der Waals surface area contributed by atoms with Crippen LogP contribution in [0.1, 0.15) is 18.0 Å². The summed E-state index contributed by atoms with van der Waals surface area (Å²) in [6.45, 7) is 0.0469. The number of hydrogen-bond donors (Lipinski definition) is 2. The average Bonchev–Trinajstić information content (AvgIpc) is 2.28. The molecular formula is C11H13F4NO. The number of aliphatic hydroxyl groups excluding tert-OH is 1. The van der Waals surface area contributed by atoms with Gasteiger partial charge in [0.2, 0.25) is 0 Å². The van der Waals surface area contributed by atoms with Crippen molar-refractivity contribution in [2.45, 2.75) is 18.9 Å². The first-order valence-electron chi connectivity index (χ1n) is 5.13. The molecule has 0 bridgehead atoms. The van der Waals surface area contributed by atoms with Crippen LogP contribution in [0, 0.1) is 11.6 Å². The highest BCUT2D eigenvalue weighted by molar-refractivity contribution is 5.21. The lowest BCUT2D eigenvalue weighted by Gasteiger charge is -2.18. The predicted molar refractivity (Wildman–Crippen MR) is 54.8 cm³/mol. The Morgan fingerprint density at radius 1 is 1.18 bits per heavy atom. The Morgan fingerprint density at radius 3 is 2.41 bits per heavy atom. The quantitative estimate of drug-likeness (QED) is 0.600. The van der Waals surface area contributed by atoms with Crippen LogP contribution in [0.4, 0.5) is 17.6 Å². The second-order valence-corrected chi connectivity index (χ2v) is 3.52. The van der Waals surface area contributed by atoms with Gasteiger partial charge in [0.15, 0.2) is 11.6 Å². The molecule has 0 aliphatic rings. The van der Waals surface area contributed by atoms with Crippen molar-refractivity contribution >= 4 is 0 Å². The summed E-state index contributed by atoms with van der Waals surface area (Å²) in [5.74, 6) is -2.23. The van der Waals surface area contributed by atoms with E-state index in [1.165, 1.54) is 0 Å². The van der Waals surface area contributed by atoms with Gasteiger partial charge < -0.3 is 10.4 Å². The van der Waals surface area contributed by atoms with Crippen LogP contribution in [0.2, 0.25) is 0 Å². The van der Waals surface area contributed by atoms with E-state index in [0.29, 0.717) is 6.42 Å². The molecule has 0 spiro atoms. The van der Waals surface area contributed by atoms with E-state index in [1.54, 1.807) is 0 Å². The third kappa shape index (κ3) is 3.98. The van der Waals surface area contributed by atoms with Gasteiger partial charge in [-0.1, -0.05) is 6.07 Å². The highest BCUT2D eigenvalue weighted by Crippen LogP contribution is 2.22. The molecule has 0 aliphatic carbocycles. The molecule has 0 heterocycles. The smallest absolute Gasteiger partial charge is 0.257 e. The van der Waals surface area contributed by atoms with Crippen LogP contribution in [0.5, 0.6) is 0 Å². The number of halogens is 4. The molecular weight excluding hydrogens is 238 g/mol. The summed E-state index contributed by atoms with van der Waals surface area (Å²) < 4.78 is 51.0. The van der Waals surface area contributed by atoms with Gasteiger partial charge in [0.1, 0.15) is 0 Å². The Morgan fingerprint density at radius 2 is 1.88 bits per heavy atom. The van der Waals surface area contributed by atoms with E-state index in [4.69, 9.17) is 5.11 Å². The van der Waals surface area contributed by atoms with E-state index >= 15 is 0 Å². The number of hydrogen-bond acceptors (Lipinski definition) is 2. The number of rotatable bonds is 6. The van der Waals surface area contributed by atoms with Crippen LogP contribution < -0.4 is 5.32 Å². The first kappa shape index (κ1) is 13.9. The van der Waals surface area contributed by atoms with Crippen LogP contribution in [-0.2, 0) is 0 Å². The predicted octanol–water partition coefficient (Wildman–Crippen LogP) is 2.24. The Bertz CT molecular complexity index is 359. The molecule has 1 aromatic rings. The van der Waals surface area contributed by atoms with Gasteiger partial charge in [0.05, 0.1) is 6.04 Å². The van der Waals surface area contributed by atoms with Crippen molar-refractivity contribution in [3.05, 3.63) is 35.4 Å². The van der Waals surface area contributed by atoms with Crippen LogP contribution in [0.15, 0.2) is 18.2 Å². The van der Waals surface area contributed by atoms with Crippen molar-refractivity contribution in [3.63, 3.8) is 0 Å². The molecule has 2 nitrogen and oxygen atoms in total. The van der Waals surface area contributed by atoms with Crippen molar-refractivity contribution in [2.75, 3.05) is 13.2 Å². The summed E-state index contributed by atoms with van der Waals surface area (Å²) in [5, 5.41) is 11.0. The van der Waals surface area contributed by atoms with Gasteiger partial charge in [-0.25, -0.2) is 17.6 Å². The van der Waals surface area contributed by atoms with Crippen molar-refractivity contribution in [1.29, 1.82) is 0 Å². The molecule has 1 rings (SSSR count). The molecule has 0 aliphatic heterocycles. The monoisotopic (exact) mass is 251 g/mol. The molecule has 1 atom stereocenters. The molecule has 0 fully saturated rings. The Hall–Kier alpha value is -1.14. The number of aliphatic hydroxyl groups is 1. The van der Waals surface area contributed by atoms with E-state index < -0.39 is 24.1 Å². The number of benzene rings is 1. The van der Waals surface area contributed by atoms with Gasteiger partial charge in [-0.15, -0.1) is 0 Å². The molecule has 0 radical (unpaired) electrons. The third-order valence-electron chi connectivity index (χ3n) is 2.25. The van der Waals surface area contributed by atoms with Crippen molar-refractivity contribution < 1.29 is 22.7 Å². The molecule has 0 aromatic heterocycles. The van der Waals surface area contributed by atoms with E-state index in [2.05, 4.69) is 5.32 Å².